The molecule has 0 radical (unpaired) electrons. The van der Waals surface area contributed by atoms with Gasteiger partial charge in [-0.15, -0.1) is 11.3 Å². The van der Waals surface area contributed by atoms with E-state index in [-0.39, 0.29) is 37.9 Å². The molecule has 2 amide bonds. The molecule has 1 aliphatic heterocycles. The fraction of sp³-hybridized carbons (Fsp3) is 0.421. The number of anilines is 1. The van der Waals surface area contributed by atoms with Crippen molar-refractivity contribution in [2.24, 2.45) is 5.73 Å². The smallest absolute Gasteiger partial charge is 0.280 e. The van der Waals surface area contributed by atoms with Crippen molar-refractivity contribution in [1.29, 1.82) is 0 Å². The Morgan fingerprint density at radius 3 is 2.55 bits per heavy atom. The minimum Gasteiger partial charge on any atom is -0.379 e. The van der Waals surface area contributed by atoms with Crippen molar-refractivity contribution in [3.05, 3.63) is 47.5 Å². The standard InChI is InChI=1S/C19H25N5O5S2/c1-14(17(20)25)24(19-21-7-12-30-19)18(26)16(13-15-5-3-2-4-6-15)22-31(27,28)23-8-10-29-11-9-23/h2-7,12,14,16,22H,8-11,13H2,1H3,(H2,20,25)/t14-,16-/m0/s1. The van der Waals surface area contributed by atoms with Gasteiger partial charge in [0.2, 0.25) is 11.8 Å². The molecule has 1 aromatic carbocycles. The van der Waals surface area contributed by atoms with E-state index in [4.69, 9.17) is 10.5 Å². The molecule has 1 aromatic heterocycles. The first kappa shape index (κ1) is 23.3. The Hall–Kier alpha value is -2.38. The number of nitrogens with two attached hydrogens (primary N) is 1. The van der Waals surface area contributed by atoms with Crippen LogP contribution in [0.25, 0.3) is 0 Å². The maximum Gasteiger partial charge on any atom is 0.280 e. The van der Waals surface area contributed by atoms with Crippen LogP contribution >= 0.6 is 11.3 Å². The summed E-state index contributed by atoms with van der Waals surface area (Å²) in [6.45, 7) is 2.42. The van der Waals surface area contributed by atoms with Crippen molar-refractivity contribution in [1.82, 2.24) is 14.0 Å². The molecular weight excluding hydrogens is 442 g/mol. The van der Waals surface area contributed by atoms with Crippen LogP contribution in [0.5, 0.6) is 0 Å². The third kappa shape index (κ3) is 5.86. The number of primary amides is 1. The fourth-order valence-electron chi connectivity index (χ4n) is 3.15. The maximum absolute atomic E-state index is 13.6. The summed E-state index contributed by atoms with van der Waals surface area (Å²) in [6.07, 6.45) is 1.59. The lowest BCUT2D eigenvalue weighted by atomic mass is 10.1. The molecule has 0 spiro atoms. The summed E-state index contributed by atoms with van der Waals surface area (Å²) in [5.41, 5.74) is 6.22. The molecule has 168 valence electrons. The van der Waals surface area contributed by atoms with E-state index in [1.165, 1.54) is 17.4 Å². The van der Waals surface area contributed by atoms with Gasteiger partial charge in [-0.25, -0.2) is 4.98 Å². The van der Waals surface area contributed by atoms with E-state index in [2.05, 4.69) is 9.71 Å². The van der Waals surface area contributed by atoms with Crippen LogP contribution in [-0.2, 0) is 31.0 Å². The number of benzene rings is 1. The highest BCUT2D eigenvalue weighted by atomic mass is 32.2. The molecule has 2 heterocycles. The zero-order chi connectivity index (χ0) is 22.4. The molecule has 0 aliphatic carbocycles. The second-order valence-corrected chi connectivity index (χ2v) is 9.55. The highest BCUT2D eigenvalue weighted by Crippen LogP contribution is 2.22. The first-order valence-electron chi connectivity index (χ1n) is 9.70. The zero-order valence-corrected chi connectivity index (χ0v) is 18.6. The Kier molecular flexibility index (Phi) is 7.73. The summed E-state index contributed by atoms with van der Waals surface area (Å²) in [5.74, 6) is -1.33. The van der Waals surface area contributed by atoms with Crippen LogP contribution in [0, 0.1) is 0 Å². The molecule has 1 fully saturated rings. The summed E-state index contributed by atoms with van der Waals surface area (Å²) in [6, 6.07) is 6.86. The predicted octanol–water partition coefficient (Wildman–Crippen LogP) is 0.128. The number of aromatic nitrogens is 1. The number of hydrogen-bond acceptors (Lipinski definition) is 7. The lowest BCUT2D eigenvalue weighted by molar-refractivity contribution is -0.125. The summed E-state index contributed by atoms with van der Waals surface area (Å²) >= 11 is 1.16. The van der Waals surface area contributed by atoms with Gasteiger partial charge in [0.25, 0.3) is 10.2 Å². The van der Waals surface area contributed by atoms with E-state index < -0.39 is 34.1 Å². The fourth-order valence-corrected chi connectivity index (χ4v) is 5.20. The number of carbonyl (C=O) groups is 2. The molecule has 1 saturated heterocycles. The van der Waals surface area contributed by atoms with Gasteiger partial charge < -0.3 is 10.5 Å². The van der Waals surface area contributed by atoms with Crippen LogP contribution in [0.4, 0.5) is 5.13 Å². The number of ether oxygens (including phenoxy) is 1. The normalized spacial score (nSPS) is 17.1. The summed E-state index contributed by atoms with van der Waals surface area (Å²) in [7, 11) is -3.97. The first-order chi connectivity index (χ1) is 14.8. The number of nitrogens with one attached hydrogen (secondary N) is 1. The van der Waals surface area contributed by atoms with Gasteiger partial charge in [-0.1, -0.05) is 30.3 Å². The maximum atomic E-state index is 13.6. The van der Waals surface area contributed by atoms with Crippen molar-refractivity contribution in [3.63, 3.8) is 0 Å². The average molecular weight is 468 g/mol. The topological polar surface area (TPSA) is 135 Å². The number of morpholine rings is 1. The summed E-state index contributed by atoms with van der Waals surface area (Å²) in [4.78, 5) is 30.7. The molecule has 0 bridgehead atoms. The molecule has 2 atom stereocenters. The van der Waals surface area contributed by atoms with Gasteiger partial charge in [0.05, 0.1) is 13.2 Å². The Morgan fingerprint density at radius 1 is 1.29 bits per heavy atom. The van der Waals surface area contributed by atoms with Crippen molar-refractivity contribution in [3.8, 4) is 0 Å². The number of amides is 2. The molecule has 10 nitrogen and oxygen atoms in total. The Morgan fingerprint density at radius 2 is 1.97 bits per heavy atom. The van der Waals surface area contributed by atoms with Gasteiger partial charge >= 0.3 is 0 Å². The van der Waals surface area contributed by atoms with E-state index in [1.807, 2.05) is 6.07 Å². The molecule has 3 rings (SSSR count). The van der Waals surface area contributed by atoms with Crippen LogP contribution in [0.2, 0.25) is 0 Å². The average Bonchev–Trinajstić information content (AvgIpc) is 3.29. The lowest BCUT2D eigenvalue weighted by Crippen LogP contribution is -2.58. The quantitative estimate of drug-likeness (QED) is 0.538. The van der Waals surface area contributed by atoms with E-state index in [0.29, 0.717) is 0 Å². The van der Waals surface area contributed by atoms with E-state index in [1.54, 1.807) is 29.6 Å². The van der Waals surface area contributed by atoms with Crippen LogP contribution in [0.1, 0.15) is 12.5 Å². The zero-order valence-electron chi connectivity index (χ0n) is 17.0. The molecule has 12 heteroatoms. The second kappa shape index (κ2) is 10.3. The highest BCUT2D eigenvalue weighted by molar-refractivity contribution is 7.87. The Labute approximate surface area is 185 Å². The van der Waals surface area contributed by atoms with Crippen molar-refractivity contribution in [2.75, 3.05) is 31.2 Å². The molecule has 1 aliphatic rings. The van der Waals surface area contributed by atoms with Crippen LogP contribution in [-0.4, -0.2) is 67.9 Å². The van der Waals surface area contributed by atoms with Crippen molar-refractivity contribution in [2.45, 2.75) is 25.4 Å². The van der Waals surface area contributed by atoms with E-state index in [0.717, 1.165) is 21.8 Å². The third-order valence-corrected chi connectivity index (χ3v) is 7.24. The molecule has 31 heavy (non-hydrogen) atoms. The van der Waals surface area contributed by atoms with Crippen LogP contribution in [0.15, 0.2) is 41.9 Å². The number of carbonyl (C=O) groups excluding carboxylic acids is 2. The Balaban J connectivity index is 1.93. The predicted molar refractivity (Wildman–Crippen MR) is 117 cm³/mol. The van der Waals surface area contributed by atoms with Gasteiger partial charge in [0.1, 0.15) is 12.1 Å². The summed E-state index contributed by atoms with van der Waals surface area (Å²) in [5, 5.41) is 1.92. The van der Waals surface area contributed by atoms with Crippen molar-refractivity contribution >= 4 is 38.5 Å². The number of nitrogens with zero attached hydrogens (tertiary/aromatic N) is 3. The van der Waals surface area contributed by atoms with E-state index >= 15 is 0 Å². The number of hydrogen-bond donors (Lipinski definition) is 2. The number of rotatable bonds is 9. The molecule has 2 aromatic rings. The van der Waals surface area contributed by atoms with Gasteiger partial charge in [-0.05, 0) is 18.9 Å². The third-order valence-electron chi connectivity index (χ3n) is 4.84. The minimum atomic E-state index is -3.97. The van der Waals surface area contributed by atoms with Crippen molar-refractivity contribution < 1.29 is 22.7 Å². The minimum absolute atomic E-state index is 0.0938. The van der Waals surface area contributed by atoms with Crippen LogP contribution < -0.4 is 15.4 Å². The Bertz CT molecular complexity index is 978. The van der Waals surface area contributed by atoms with Gasteiger partial charge in [0.15, 0.2) is 5.13 Å². The van der Waals surface area contributed by atoms with Gasteiger partial charge in [0, 0.05) is 24.7 Å². The SMILES string of the molecule is C[C@@H](C(N)=O)N(C(=O)[C@H](Cc1ccccc1)NS(=O)(=O)N1CCOCC1)c1nccs1. The van der Waals surface area contributed by atoms with Gasteiger partial charge in [-0.3, -0.25) is 14.5 Å². The van der Waals surface area contributed by atoms with Gasteiger partial charge in [-0.2, -0.15) is 17.4 Å². The first-order valence-corrected chi connectivity index (χ1v) is 12.0. The summed E-state index contributed by atoms with van der Waals surface area (Å²) < 4.78 is 35.0. The molecule has 0 unspecified atom stereocenters. The lowest BCUT2D eigenvalue weighted by Gasteiger charge is -2.32. The highest BCUT2D eigenvalue weighted by Gasteiger charge is 2.36. The second-order valence-electron chi connectivity index (χ2n) is 6.98. The number of thiazole rings is 1. The molecule has 0 saturated carbocycles. The monoisotopic (exact) mass is 467 g/mol. The largest absolute Gasteiger partial charge is 0.379 e. The van der Waals surface area contributed by atoms with Crippen LogP contribution in [0.3, 0.4) is 0 Å². The van der Waals surface area contributed by atoms with E-state index in [9.17, 15) is 18.0 Å². The molecule has 3 N–H and O–H groups in total. The molecular formula is C19H25N5O5S2.